The molecule has 1 saturated carbocycles. The lowest BCUT2D eigenvalue weighted by molar-refractivity contribution is -0.137. The molecule has 0 atom stereocenters. The predicted molar refractivity (Wildman–Crippen MR) is 98.8 cm³/mol. The summed E-state index contributed by atoms with van der Waals surface area (Å²) in [6.45, 7) is 1.49. The minimum absolute atomic E-state index is 0.0877. The summed E-state index contributed by atoms with van der Waals surface area (Å²) < 4.78 is 40.6. The standard InChI is InChI=1S/C20H18F3N5O/c1-11-6-13(20(21,22)23)7-17(29)18(11)15-9-25-16-10-28(27-19(16)26-15)14-4-2-12(8-24)3-5-14/h6-7,9-10,12,14,29H,2-5H2,1H3. The van der Waals surface area contributed by atoms with E-state index in [9.17, 15) is 18.3 Å². The second-order valence-corrected chi connectivity index (χ2v) is 7.39. The molecule has 4 rings (SSSR count). The molecule has 1 aliphatic carbocycles. The van der Waals surface area contributed by atoms with Crippen molar-refractivity contribution < 1.29 is 18.3 Å². The van der Waals surface area contributed by atoms with Gasteiger partial charge in [0.2, 0.25) is 0 Å². The van der Waals surface area contributed by atoms with Crippen LogP contribution in [-0.2, 0) is 6.18 Å². The molecule has 0 aliphatic heterocycles. The lowest BCUT2D eigenvalue weighted by atomic mass is 9.87. The van der Waals surface area contributed by atoms with Crippen LogP contribution in [0, 0.1) is 24.2 Å². The molecule has 1 aliphatic rings. The first-order chi connectivity index (χ1) is 13.8. The number of fused-ring (bicyclic) bond motifs is 1. The molecule has 0 radical (unpaired) electrons. The first-order valence-corrected chi connectivity index (χ1v) is 9.29. The number of nitriles is 1. The summed E-state index contributed by atoms with van der Waals surface area (Å²) in [5, 5.41) is 23.7. The molecule has 1 fully saturated rings. The lowest BCUT2D eigenvalue weighted by Crippen LogP contribution is -2.17. The van der Waals surface area contributed by atoms with Crippen LogP contribution in [-0.4, -0.2) is 24.9 Å². The zero-order valence-corrected chi connectivity index (χ0v) is 15.6. The molecule has 0 unspecified atom stereocenters. The fraction of sp³-hybridized carbons (Fsp3) is 0.400. The second kappa shape index (κ2) is 7.03. The Balaban J connectivity index is 1.68. The molecule has 150 valence electrons. The quantitative estimate of drug-likeness (QED) is 0.668. The van der Waals surface area contributed by atoms with Crippen LogP contribution in [0.4, 0.5) is 13.2 Å². The zero-order valence-electron chi connectivity index (χ0n) is 15.6. The van der Waals surface area contributed by atoms with E-state index in [4.69, 9.17) is 5.26 Å². The Morgan fingerprint density at radius 1 is 1.21 bits per heavy atom. The van der Waals surface area contributed by atoms with Gasteiger partial charge >= 0.3 is 6.18 Å². The molecule has 3 aromatic rings. The van der Waals surface area contributed by atoms with Gasteiger partial charge in [-0.2, -0.15) is 23.5 Å². The van der Waals surface area contributed by atoms with E-state index >= 15 is 0 Å². The topological polar surface area (TPSA) is 87.6 Å². The normalized spacial score (nSPS) is 20.0. The van der Waals surface area contributed by atoms with Crippen molar-refractivity contribution in [3.8, 4) is 23.1 Å². The lowest BCUT2D eigenvalue weighted by Gasteiger charge is -2.24. The van der Waals surface area contributed by atoms with E-state index in [0.717, 1.165) is 31.7 Å². The number of benzene rings is 1. The number of aromatic hydroxyl groups is 1. The van der Waals surface area contributed by atoms with Gasteiger partial charge in [0.1, 0.15) is 11.3 Å². The molecular weight excluding hydrogens is 383 g/mol. The van der Waals surface area contributed by atoms with Gasteiger partial charge < -0.3 is 5.11 Å². The number of hydrogen-bond acceptors (Lipinski definition) is 5. The minimum Gasteiger partial charge on any atom is -0.507 e. The third kappa shape index (κ3) is 3.62. The summed E-state index contributed by atoms with van der Waals surface area (Å²) in [5.41, 5.74) is 0.739. The Morgan fingerprint density at radius 3 is 2.55 bits per heavy atom. The van der Waals surface area contributed by atoms with E-state index in [1.807, 2.05) is 4.68 Å². The van der Waals surface area contributed by atoms with Crippen LogP contribution in [0.15, 0.2) is 24.5 Å². The maximum absolute atomic E-state index is 12.9. The van der Waals surface area contributed by atoms with Crippen molar-refractivity contribution >= 4 is 11.2 Å². The Morgan fingerprint density at radius 2 is 1.93 bits per heavy atom. The fourth-order valence-electron chi connectivity index (χ4n) is 3.86. The largest absolute Gasteiger partial charge is 0.507 e. The summed E-state index contributed by atoms with van der Waals surface area (Å²) in [6, 6.07) is 4.14. The van der Waals surface area contributed by atoms with Crippen LogP contribution in [0.1, 0.15) is 42.9 Å². The molecule has 0 amide bonds. The van der Waals surface area contributed by atoms with Gasteiger partial charge in [-0.25, -0.2) is 9.97 Å². The average molecular weight is 401 g/mol. The maximum atomic E-state index is 12.9. The van der Waals surface area contributed by atoms with Crippen LogP contribution in [0.5, 0.6) is 5.75 Å². The van der Waals surface area contributed by atoms with E-state index in [-0.39, 0.29) is 28.8 Å². The highest BCUT2D eigenvalue weighted by Crippen LogP contribution is 2.38. The molecule has 1 N–H and O–H groups in total. The van der Waals surface area contributed by atoms with Crippen molar-refractivity contribution in [1.29, 1.82) is 5.26 Å². The van der Waals surface area contributed by atoms with Crippen molar-refractivity contribution in [2.45, 2.75) is 44.8 Å². The molecule has 29 heavy (non-hydrogen) atoms. The number of hydrogen-bond donors (Lipinski definition) is 1. The van der Waals surface area contributed by atoms with Gasteiger partial charge in [-0.3, -0.25) is 4.68 Å². The molecule has 2 heterocycles. The van der Waals surface area contributed by atoms with Crippen molar-refractivity contribution in [1.82, 2.24) is 19.7 Å². The number of nitrogens with zero attached hydrogens (tertiary/aromatic N) is 5. The number of alkyl halides is 3. The van der Waals surface area contributed by atoms with Gasteiger partial charge in [0, 0.05) is 11.5 Å². The molecule has 6 nitrogen and oxygen atoms in total. The molecule has 0 saturated heterocycles. The summed E-state index contributed by atoms with van der Waals surface area (Å²) in [7, 11) is 0. The van der Waals surface area contributed by atoms with Gasteiger partial charge in [0.15, 0.2) is 5.65 Å². The first-order valence-electron chi connectivity index (χ1n) is 9.29. The molecular formula is C20H18F3N5O. The highest BCUT2D eigenvalue weighted by atomic mass is 19.4. The Hall–Kier alpha value is -3.15. The Kier molecular flexibility index (Phi) is 4.65. The first kappa shape index (κ1) is 19.2. The third-order valence-corrected chi connectivity index (χ3v) is 5.40. The summed E-state index contributed by atoms with van der Waals surface area (Å²) in [4.78, 5) is 8.74. The molecule has 2 aromatic heterocycles. The number of aromatic nitrogens is 4. The fourth-order valence-corrected chi connectivity index (χ4v) is 3.86. The number of rotatable bonds is 2. The van der Waals surface area contributed by atoms with Gasteiger partial charge in [0.05, 0.1) is 35.8 Å². The van der Waals surface area contributed by atoms with Gasteiger partial charge in [-0.15, -0.1) is 0 Å². The van der Waals surface area contributed by atoms with Crippen LogP contribution < -0.4 is 0 Å². The van der Waals surface area contributed by atoms with E-state index in [1.165, 1.54) is 13.1 Å². The number of aryl methyl sites for hydroxylation is 1. The Labute approximate surface area is 164 Å². The predicted octanol–water partition coefficient (Wildman–Crippen LogP) is 4.78. The van der Waals surface area contributed by atoms with E-state index in [2.05, 4.69) is 21.1 Å². The number of halogens is 3. The van der Waals surface area contributed by atoms with Crippen LogP contribution >= 0.6 is 0 Å². The van der Waals surface area contributed by atoms with E-state index in [0.29, 0.717) is 17.2 Å². The molecule has 1 aromatic carbocycles. The van der Waals surface area contributed by atoms with Gasteiger partial charge in [-0.1, -0.05) is 0 Å². The number of phenolic OH excluding ortho intramolecular Hbond substituents is 1. The average Bonchev–Trinajstić information content (AvgIpc) is 3.10. The molecule has 9 heteroatoms. The van der Waals surface area contributed by atoms with E-state index < -0.39 is 17.5 Å². The summed E-state index contributed by atoms with van der Waals surface area (Å²) in [5.74, 6) is -0.412. The van der Waals surface area contributed by atoms with Crippen LogP contribution in [0.3, 0.4) is 0 Å². The highest BCUT2D eigenvalue weighted by Gasteiger charge is 2.32. The second-order valence-electron chi connectivity index (χ2n) is 7.39. The third-order valence-electron chi connectivity index (χ3n) is 5.40. The number of phenols is 1. The smallest absolute Gasteiger partial charge is 0.416 e. The van der Waals surface area contributed by atoms with Gasteiger partial charge in [-0.05, 0) is 50.3 Å². The van der Waals surface area contributed by atoms with Crippen molar-refractivity contribution in [3.05, 3.63) is 35.7 Å². The minimum atomic E-state index is -4.54. The molecule has 0 spiro atoms. The highest BCUT2D eigenvalue weighted by molar-refractivity contribution is 5.77. The SMILES string of the molecule is Cc1cc(C(F)(F)F)cc(O)c1-c1cnc2cn(C3CCC(C#N)CC3)nc2n1. The zero-order chi connectivity index (χ0) is 20.8. The van der Waals surface area contributed by atoms with Crippen LogP contribution in [0.25, 0.3) is 22.4 Å². The van der Waals surface area contributed by atoms with E-state index in [1.54, 1.807) is 6.20 Å². The summed E-state index contributed by atoms with van der Waals surface area (Å²) >= 11 is 0. The van der Waals surface area contributed by atoms with Crippen LogP contribution in [0.2, 0.25) is 0 Å². The Bertz CT molecular complexity index is 1080. The van der Waals surface area contributed by atoms with Crippen molar-refractivity contribution in [2.75, 3.05) is 0 Å². The van der Waals surface area contributed by atoms with Gasteiger partial charge in [0.25, 0.3) is 0 Å². The van der Waals surface area contributed by atoms with Crippen molar-refractivity contribution in [3.63, 3.8) is 0 Å². The van der Waals surface area contributed by atoms with Crippen molar-refractivity contribution in [2.24, 2.45) is 5.92 Å². The maximum Gasteiger partial charge on any atom is 0.416 e. The monoisotopic (exact) mass is 401 g/mol. The molecule has 0 bridgehead atoms. The summed E-state index contributed by atoms with van der Waals surface area (Å²) in [6.07, 6.45) is 2.01.